The number of aryl methyl sites for hydroxylation is 2. The summed E-state index contributed by atoms with van der Waals surface area (Å²) in [6, 6.07) is 5.59. The van der Waals surface area contributed by atoms with Crippen molar-refractivity contribution in [1.29, 1.82) is 0 Å². The minimum absolute atomic E-state index is 0.103. The van der Waals surface area contributed by atoms with Crippen LogP contribution in [0.5, 0.6) is 0 Å². The van der Waals surface area contributed by atoms with Gasteiger partial charge in [-0.2, -0.15) is 0 Å². The second-order valence-electron chi connectivity index (χ2n) is 8.06. The van der Waals surface area contributed by atoms with Gasteiger partial charge < -0.3 is 10.1 Å². The van der Waals surface area contributed by atoms with Gasteiger partial charge in [0.2, 0.25) is 0 Å². The van der Waals surface area contributed by atoms with Crippen LogP contribution in [0.2, 0.25) is 0 Å². The first kappa shape index (κ1) is 19.2. The van der Waals surface area contributed by atoms with Gasteiger partial charge in [0.15, 0.2) is 6.61 Å². The van der Waals surface area contributed by atoms with E-state index in [1.54, 1.807) is 6.07 Å². The third-order valence-corrected chi connectivity index (χ3v) is 3.40. The quantitative estimate of drug-likeness (QED) is 0.840. The van der Waals surface area contributed by atoms with Gasteiger partial charge in [0.25, 0.3) is 5.91 Å². The Bertz CT molecular complexity index is 583. The van der Waals surface area contributed by atoms with Crippen LogP contribution in [0.1, 0.15) is 62.5 Å². The summed E-state index contributed by atoms with van der Waals surface area (Å²) >= 11 is 0. The van der Waals surface area contributed by atoms with Crippen LogP contribution in [0.25, 0.3) is 0 Å². The summed E-state index contributed by atoms with van der Waals surface area (Å²) in [6.45, 7) is 13.8. The maximum absolute atomic E-state index is 12.1. The van der Waals surface area contributed by atoms with Crippen LogP contribution in [0.4, 0.5) is 0 Å². The average Bonchev–Trinajstić information content (AvgIpc) is 2.35. The molecule has 0 spiro atoms. The van der Waals surface area contributed by atoms with E-state index in [1.807, 2.05) is 39.8 Å². The Kier molecular flexibility index (Phi) is 5.98. The van der Waals surface area contributed by atoms with Crippen molar-refractivity contribution in [1.82, 2.24) is 5.32 Å². The fraction of sp³-hybridized carbons (Fsp3) is 0.579. The van der Waals surface area contributed by atoms with Crippen molar-refractivity contribution in [2.75, 3.05) is 6.61 Å². The molecule has 4 nitrogen and oxygen atoms in total. The number of hydrogen-bond donors (Lipinski definition) is 1. The van der Waals surface area contributed by atoms with Gasteiger partial charge in [-0.05, 0) is 51.2 Å². The van der Waals surface area contributed by atoms with Crippen LogP contribution in [-0.4, -0.2) is 24.0 Å². The van der Waals surface area contributed by atoms with Gasteiger partial charge in [-0.3, -0.25) is 4.79 Å². The maximum atomic E-state index is 12.1. The van der Waals surface area contributed by atoms with Gasteiger partial charge >= 0.3 is 5.97 Å². The Morgan fingerprint density at radius 3 is 2.26 bits per heavy atom. The maximum Gasteiger partial charge on any atom is 0.338 e. The highest BCUT2D eigenvalue weighted by Gasteiger charge is 2.27. The molecule has 0 aliphatic heterocycles. The molecule has 4 heteroatoms. The van der Waals surface area contributed by atoms with Gasteiger partial charge in [-0.25, -0.2) is 4.79 Å². The molecule has 23 heavy (non-hydrogen) atoms. The molecule has 0 aromatic heterocycles. The highest BCUT2D eigenvalue weighted by molar-refractivity contribution is 5.92. The van der Waals surface area contributed by atoms with Crippen LogP contribution in [-0.2, 0) is 9.53 Å². The molecular formula is C19H29NO3. The summed E-state index contributed by atoms with van der Waals surface area (Å²) in [6.07, 6.45) is 0.830. The molecule has 0 saturated heterocycles. The van der Waals surface area contributed by atoms with Crippen molar-refractivity contribution in [3.63, 3.8) is 0 Å². The first-order valence-electron chi connectivity index (χ1n) is 7.95. The van der Waals surface area contributed by atoms with Crippen molar-refractivity contribution < 1.29 is 14.3 Å². The molecule has 0 unspecified atom stereocenters. The van der Waals surface area contributed by atoms with E-state index in [-0.39, 0.29) is 23.5 Å². The number of carbonyl (C=O) groups is 2. The number of ether oxygens (including phenoxy) is 1. The van der Waals surface area contributed by atoms with Crippen LogP contribution in [0, 0.1) is 19.3 Å². The zero-order valence-corrected chi connectivity index (χ0v) is 15.4. The van der Waals surface area contributed by atoms with E-state index < -0.39 is 5.97 Å². The van der Waals surface area contributed by atoms with Crippen LogP contribution in [0.3, 0.4) is 0 Å². The lowest BCUT2D eigenvalue weighted by atomic mass is 9.82. The summed E-state index contributed by atoms with van der Waals surface area (Å²) in [5.41, 5.74) is 2.09. The number of rotatable bonds is 5. The number of hydrogen-bond acceptors (Lipinski definition) is 3. The monoisotopic (exact) mass is 319 g/mol. The normalized spacial score (nSPS) is 12.0. The van der Waals surface area contributed by atoms with Crippen molar-refractivity contribution in [3.05, 3.63) is 34.9 Å². The molecule has 1 N–H and O–H groups in total. The summed E-state index contributed by atoms with van der Waals surface area (Å²) in [4.78, 5) is 24.2. The molecule has 0 aliphatic carbocycles. The van der Waals surface area contributed by atoms with Crippen molar-refractivity contribution >= 4 is 11.9 Å². The Morgan fingerprint density at radius 2 is 1.70 bits per heavy atom. The van der Waals surface area contributed by atoms with Crippen LogP contribution in [0.15, 0.2) is 18.2 Å². The van der Waals surface area contributed by atoms with Gasteiger partial charge in [0, 0.05) is 5.54 Å². The largest absolute Gasteiger partial charge is 0.452 e. The molecule has 1 aromatic carbocycles. The van der Waals surface area contributed by atoms with Gasteiger partial charge in [0.05, 0.1) is 5.56 Å². The minimum Gasteiger partial charge on any atom is -0.452 e. The van der Waals surface area contributed by atoms with E-state index >= 15 is 0 Å². The van der Waals surface area contributed by atoms with Crippen LogP contribution >= 0.6 is 0 Å². The van der Waals surface area contributed by atoms with Crippen molar-refractivity contribution in [2.45, 2.75) is 60.4 Å². The van der Waals surface area contributed by atoms with Gasteiger partial charge in [-0.1, -0.05) is 38.5 Å². The lowest BCUT2D eigenvalue weighted by molar-refractivity contribution is -0.126. The number of benzene rings is 1. The van der Waals surface area contributed by atoms with E-state index in [0.29, 0.717) is 5.56 Å². The van der Waals surface area contributed by atoms with Gasteiger partial charge in [0.1, 0.15) is 0 Å². The Hall–Kier alpha value is -1.84. The number of amides is 1. The zero-order chi connectivity index (χ0) is 17.8. The molecule has 0 saturated carbocycles. The topological polar surface area (TPSA) is 55.4 Å². The smallest absolute Gasteiger partial charge is 0.338 e. The molecule has 0 fully saturated rings. The molecule has 1 amide bonds. The Morgan fingerprint density at radius 1 is 1.09 bits per heavy atom. The molecule has 128 valence electrons. The first-order chi connectivity index (χ1) is 10.4. The molecule has 0 atom stereocenters. The molecule has 0 aliphatic rings. The molecule has 0 heterocycles. The third-order valence-electron chi connectivity index (χ3n) is 3.40. The second-order valence-corrected chi connectivity index (χ2v) is 8.06. The van der Waals surface area contributed by atoms with E-state index in [1.165, 1.54) is 0 Å². The lowest BCUT2D eigenvalue weighted by Crippen LogP contribution is -2.47. The summed E-state index contributed by atoms with van der Waals surface area (Å²) < 4.78 is 5.15. The fourth-order valence-corrected chi connectivity index (χ4v) is 2.95. The summed E-state index contributed by atoms with van der Waals surface area (Å²) in [5.74, 6) is -0.743. The second kappa shape index (κ2) is 7.16. The molecule has 1 rings (SSSR count). The Balaban J connectivity index is 2.59. The SMILES string of the molecule is Cc1ccc(C)c(C(=O)OCC(=O)NC(C)(C)CC(C)(C)C)c1. The highest BCUT2D eigenvalue weighted by Crippen LogP contribution is 2.26. The third kappa shape index (κ3) is 6.85. The molecular weight excluding hydrogens is 290 g/mol. The van der Waals surface area contributed by atoms with Crippen LogP contribution < -0.4 is 5.32 Å². The standard InChI is InChI=1S/C19H29NO3/c1-13-8-9-14(2)15(10-13)17(22)23-11-16(21)20-19(6,7)12-18(3,4)5/h8-10H,11-12H2,1-7H3,(H,20,21). The Labute approximate surface area is 139 Å². The number of nitrogens with one attached hydrogen (secondary N) is 1. The van der Waals surface area contributed by atoms with Crippen molar-refractivity contribution in [2.24, 2.45) is 5.41 Å². The highest BCUT2D eigenvalue weighted by atomic mass is 16.5. The number of carbonyl (C=O) groups excluding carboxylic acids is 2. The fourth-order valence-electron chi connectivity index (χ4n) is 2.95. The molecule has 0 radical (unpaired) electrons. The number of esters is 1. The van der Waals surface area contributed by atoms with E-state index in [2.05, 4.69) is 26.1 Å². The zero-order valence-electron chi connectivity index (χ0n) is 15.4. The minimum atomic E-state index is -0.463. The first-order valence-corrected chi connectivity index (χ1v) is 7.95. The van der Waals surface area contributed by atoms with Gasteiger partial charge in [-0.15, -0.1) is 0 Å². The lowest BCUT2D eigenvalue weighted by Gasteiger charge is -2.33. The predicted octanol–water partition coefficient (Wildman–Crippen LogP) is 3.79. The predicted molar refractivity (Wildman–Crippen MR) is 92.5 cm³/mol. The summed E-state index contributed by atoms with van der Waals surface area (Å²) in [5, 5.41) is 2.93. The van der Waals surface area contributed by atoms with E-state index in [9.17, 15) is 9.59 Å². The summed E-state index contributed by atoms with van der Waals surface area (Å²) in [7, 11) is 0. The average molecular weight is 319 g/mol. The molecule has 1 aromatic rings. The van der Waals surface area contributed by atoms with Crippen molar-refractivity contribution in [3.8, 4) is 0 Å². The van der Waals surface area contributed by atoms with E-state index in [4.69, 9.17) is 4.74 Å². The molecule has 0 bridgehead atoms. The van der Waals surface area contributed by atoms with E-state index in [0.717, 1.165) is 17.5 Å².